The van der Waals surface area contributed by atoms with E-state index in [2.05, 4.69) is 16.9 Å². The second-order valence-electron chi connectivity index (χ2n) is 5.15. The molecule has 0 bridgehead atoms. The summed E-state index contributed by atoms with van der Waals surface area (Å²) in [6, 6.07) is 3.12. The first kappa shape index (κ1) is 13.8. The molecule has 5 nitrogen and oxygen atoms in total. The Kier molecular flexibility index (Phi) is 4.37. The van der Waals surface area contributed by atoms with E-state index >= 15 is 0 Å². The fraction of sp³-hybridized carbons (Fsp3) is 0.571. The highest BCUT2D eigenvalue weighted by Gasteiger charge is 2.25. The number of hydrogen-bond acceptors (Lipinski definition) is 4. The summed E-state index contributed by atoms with van der Waals surface area (Å²) in [5.41, 5.74) is 0.124. The Hall–Kier alpha value is -1.62. The lowest BCUT2D eigenvalue weighted by molar-refractivity contribution is 0.0663. The summed E-state index contributed by atoms with van der Waals surface area (Å²) in [6.07, 6.45) is 3.79. The van der Waals surface area contributed by atoms with Gasteiger partial charge in [-0.05, 0) is 45.5 Å². The third-order valence-electron chi connectivity index (χ3n) is 3.62. The summed E-state index contributed by atoms with van der Waals surface area (Å²) in [5, 5.41) is 9.10. The molecule has 0 spiro atoms. The van der Waals surface area contributed by atoms with Crippen molar-refractivity contribution in [3.8, 4) is 5.88 Å². The van der Waals surface area contributed by atoms with Crippen LogP contribution in [0.1, 0.15) is 30.1 Å². The van der Waals surface area contributed by atoms with Crippen molar-refractivity contribution in [2.45, 2.75) is 25.9 Å². The summed E-state index contributed by atoms with van der Waals surface area (Å²) in [6.45, 7) is 4.09. The van der Waals surface area contributed by atoms with Crippen LogP contribution in [0.25, 0.3) is 0 Å². The zero-order valence-corrected chi connectivity index (χ0v) is 11.4. The number of piperidine rings is 1. The Morgan fingerprint density at radius 3 is 3.11 bits per heavy atom. The maximum absolute atomic E-state index is 11.1. The van der Waals surface area contributed by atoms with Crippen molar-refractivity contribution in [2.75, 3.05) is 20.1 Å². The number of carboxylic acid groups (broad SMARTS) is 1. The SMILES string of the molecule is CC(Oc1ncccc1C(=O)O)C1CCCN(C)C1. The maximum atomic E-state index is 11.1. The number of likely N-dealkylation sites (tertiary alicyclic amines) is 1. The Labute approximate surface area is 113 Å². The molecule has 1 fully saturated rings. The van der Waals surface area contributed by atoms with Crippen molar-refractivity contribution in [1.29, 1.82) is 0 Å². The number of carboxylic acids is 1. The van der Waals surface area contributed by atoms with Gasteiger partial charge in [0, 0.05) is 18.7 Å². The normalized spacial score (nSPS) is 21.9. The molecule has 0 aromatic carbocycles. The number of rotatable bonds is 4. The van der Waals surface area contributed by atoms with Gasteiger partial charge in [0.25, 0.3) is 0 Å². The number of aromatic nitrogens is 1. The molecule has 19 heavy (non-hydrogen) atoms. The van der Waals surface area contributed by atoms with E-state index in [0.29, 0.717) is 5.92 Å². The Morgan fingerprint density at radius 2 is 2.42 bits per heavy atom. The van der Waals surface area contributed by atoms with Gasteiger partial charge in [-0.25, -0.2) is 9.78 Å². The molecule has 2 unspecified atom stereocenters. The van der Waals surface area contributed by atoms with Gasteiger partial charge in [0.1, 0.15) is 11.7 Å². The monoisotopic (exact) mass is 264 g/mol. The first-order valence-electron chi connectivity index (χ1n) is 6.61. The van der Waals surface area contributed by atoms with Crippen molar-refractivity contribution in [2.24, 2.45) is 5.92 Å². The van der Waals surface area contributed by atoms with Gasteiger partial charge in [0.2, 0.25) is 5.88 Å². The number of ether oxygens (including phenoxy) is 1. The minimum atomic E-state index is -1.00. The van der Waals surface area contributed by atoms with Crippen molar-refractivity contribution in [1.82, 2.24) is 9.88 Å². The Balaban J connectivity index is 2.06. The van der Waals surface area contributed by atoms with Crippen LogP contribution in [0.5, 0.6) is 5.88 Å². The topological polar surface area (TPSA) is 62.7 Å². The lowest BCUT2D eigenvalue weighted by atomic mass is 9.93. The molecule has 0 radical (unpaired) electrons. The Morgan fingerprint density at radius 1 is 1.63 bits per heavy atom. The Bertz CT molecular complexity index is 450. The largest absolute Gasteiger partial charge is 0.477 e. The summed E-state index contributed by atoms with van der Waals surface area (Å²) in [5.74, 6) is -0.366. The third kappa shape index (κ3) is 3.44. The van der Waals surface area contributed by atoms with Crippen LogP contribution in [-0.2, 0) is 0 Å². The van der Waals surface area contributed by atoms with Crippen LogP contribution in [-0.4, -0.2) is 47.2 Å². The smallest absolute Gasteiger partial charge is 0.341 e. The maximum Gasteiger partial charge on any atom is 0.341 e. The summed E-state index contributed by atoms with van der Waals surface area (Å²) in [7, 11) is 2.10. The lowest BCUT2D eigenvalue weighted by Crippen LogP contribution is -2.39. The van der Waals surface area contributed by atoms with E-state index in [1.807, 2.05) is 6.92 Å². The van der Waals surface area contributed by atoms with Crippen molar-refractivity contribution in [3.05, 3.63) is 23.9 Å². The van der Waals surface area contributed by atoms with Gasteiger partial charge in [-0.15, -0.1) is 0 Å². The second-order valence-corrected chi connectivity index (χ2v) is 5.15. The molecule has 2 atom stereocenters. The average molecular weight is 264 g/mol. The van der Waals surface area contributed by atoms with Crippen LogP contribution in [0, 0.1) is 5.92 Å². The summed E-state index contributed by atoms with van der Waals surface area (Å²) >= 11 is 0. The zero-order chi connectivity index (χ0) is 13.8. The molecule has 1 aromatic heterocycles. The predicted molar refractivity (Wildman–Crippen MR) is 71.5 cm³/mol. The molecule has 2 heterocycles. The highest BCUT2D eigenvalue weighted by Crippen LogP contribution is 2.23. The van der Waals surface area contributed by atoms with Crippen molar-refractivity contribution < 1.29 is 14.6 Å². The lowest BCUT2D eigenvalue weighted by Gasteiger charge is -2.33. The highest BCUT2D eigenvalue weighted by atomic mass is 16.5. The van der Waals surface area contributed by atoms with Gasteiger partial charge >= 0.3 is 5.97 Å². The molecule has 0 saturated carbocycles. The fourth-order valence-electron chi connectivity index (χ4n) is 2.51. The van der Waals surface area contributed by atoms with E-state index in [-0.39, 0.29) is 17.5 Å². The average Bonchev–Trinajstić information content (AvgIpc) is 2.39. The van der Waals surface area contributed by atoms with Crippen LogP contribution < -0.4 is 4.74 Å². The molecule has 1 N–H and O–H groups in total. The second kappa shape index (κ2) is 6.02. The van der Waals surface area contributed by atoms with Gasteiger partial charge in [0.05, 0.1) is 0 Å². The molecule has 104 valence electrons. The molecule has 1 aliphatic rings. The van der Waals surface area contributed by atoms with Crippen LogP contribution in [0.15, 0.2) is 18.3 Å². The molecule has 1 aliphatic heterocycles. The molecule has 1 saturated heterocycles. The van der Waals surface area contributed by atoms with E-state index in [1.165, 1.54) is 6.07 Å². The number of pyridine rings is 1. The number of carbonyl (C=O) groups is 1. The molecule has 0 aliphatic carbocycles. The van der Waals surface area contributed by atoms with Crippen LogP contribution >= 0.6 is 0 Å². The van der Waals surface area contributed by atoms with Gasteiger partial charge < -0.3 is 14.7 Å². The molecule has 1 aromatic rings. The first-order valence-corrected chi connectivity index (χ1v) is 6.61. The molecule has 2 rings (SSSR count). The quantitative estimate of drug-likeness (QED) is 0.899. The van der Waals surface area contributed by atoms with Crippen molar-refractivity contribution in [3.63, 3.8) is 0 Å². The van der Waals surface area contributed by atoms with E-state index in [9.17, 15) is 4.79 Å². The minimum Gasteiger partial charge on any atom is -0.477 e. The van der Waals surface area contributed by atoms with E-state index in [4.69, 9.17) is 9.84 Å². The van der Waals surface area contributed by atoms with Crippen LogP contribution in [0.3, 0.4) is 0 Å². The third-order valence-corrected chi connectivity index (χ3v) is 3.62. The minimum absolute atomic E-state index is 0.0317. The number of nitrogens with zero attached hydrogens (tertiary/aromatic N) is 2. The van der Waals surface area contributed by atoms with Gasteiger partial charge in [0.15, 0.2) is 0 Å². The number of aromatic carboxylic acids is 1. The van der Waals surface area contributed by atoms with E-state index in [1.54, 1.807) is 12.3 Å². The zero-order valence-electron chi connectivity index (χ0n) is 11.4. The summed E-state index contributed by atoms with van der Waals surface area (Å²) < 4.78 is 5.78. The van der Waals surface area contributed by atoms with E-state index in [0.717, 1.165) is 25.9 Å². The number of hydrogen-bond donors (Lipinski definition) is 1. The fourth-order valence-corrected chi connectivity index (χ4v) is 2.51. The molecule has 0 amide bonds. The predicted octanol–water partition coefficient (Wildman–Crippen LogP) is 1.89. The van der Waals surface area contributed by atoms with Gasteiger partial charge in [-0.2, -0.15) is 0 Å². The molecule has 5 heteroatoms. The van der Waals surface area contributed by atoms with E-state index < -0.39 is 5.97 Å². The molecular weight excluding hydrogens is 244 g/mol. The summed E-state index contributed by atoms with van der Waals surface area (Å²) in [4.78, 5) is 17.4. The molecular formula is C14H20N2O3. The highest BCUT2D eigenvalue weighted by molar-refractivity contribution is 5.90. The van der Waals surface area contributed by atoms with Gasteiger partial charge in [-0.1, -0.05) is 0 Å². The van der Waals surface area contributed by atoms with Gasteiger partial charge in [-0.3, -0.25) is 0 Å². The first-order chi connectivity index (χ1) is 9.08. The van der Waals surface area contributed by atoms with Crippen molar-refractivity contribution >= 4 is 5.97 Å². The standard InChI is InChI=1S/C14H20N2O3/c1-10(11-5-4-8-16(2)9-11)19-13-12(14(17)18)6-3-7-15-13/h3,6-7,10-11H,4-5,8-9H2,1-2H3,(H,17,18). The van der Waals surface area contributed by atoms with Crippen LogP contribution in [0.2, 0.25) is 0 Å². The van der Waals surface area contributed by atoms with Crippen LogP contribution in [0.4, 0.5) is 0 Å².